The second-order valence-electron chi connectivity index (χ2n) is 3.73. The lowest BCUT2D eigenvalue weighted by atomic mass is 10.2. The van der Waals surface area contributed by atoms with E-state index in [1.807, 2.05) is 6.79 Å². The average molecular weight is 173 g/mol. The summed E-state index contributed by atoms with van der Waals surface area (Å²) in [6.45, 7) is 15.5. The second-order valence-corrected chi connectivity index (χ2v) is 3.73. The molecule has 0 aromatic rings. The predicted octanol–water partition coefficient (Wildman–Crippen LogP) is 2.33. The van der Waals surface area contributed by atoms with Crippen molar-refractivity contribution in [1.29, 1.82) is 0 Å². The van der Waals surface area contributed by atoms with Crippen LogP contribution in [0.15, 0.2) is 0 Å². The summed E-state index contributed by atoms with van der Waals surface area (Å²) < 4.78 is 0. The Labute approximate surface area is 77.0 Å². The van der Waals surface area contributed by atoms with Crippen LogP contribution < -0.4 is 0 Å². The highest BCUT2D eigenvalue weighted by atomic mass is 16.1. The van der Waals surface area contributed by atoms with E-state index in [4.69, 9.17) is 4.79 Å². The van der Waals surface area contributed by atoms with E-state index in [2.05, 4.69) is 46.4 Å². The Bertz CT molecular complexity index is 81.0. The van der Waals surface area contributed by atoms with Gasteiger partial charge >= 0.3 is 0 Å². The van der Waals surface area contributed by atoms with Crippen molar-refractivity contribution in [1.82, 2.24) is 4.90 Å². The second kappa shape index (κ2) is 7.29. The molecular weight excluding hydrogens is 150 g/mol. The number of carbonyl (C=O) groups excluding carboxylic acids is 1. The van der Waals surface area contributed by atoms with Crippen LogP contribution in [0.2, 0.25) is 0 Å². The van der Waals surface area contributed by atoms with Crippen molar-refractivity contribution in [3.63, 3.8) is 0 Å². The molecule has 12 heavy (non-hydrogen) atoms. The zero-order valence-corrected chi connectivity index (χ0v) is 9.29. The standard InChI is InChI=1S/C9H21N.CH2O/c1-7(2)10(8(3)4)9(5)6;1-2/h7-9H,1-6H3;1H2. The Morgan fingerprint density at radius 3 is 0.917 bits per heavy atom. The molecule has 0 aliphatic heterocycles. The first-order chi connectivity index (χ1) is 5.46. The maximum Gasteiger partial charge on any atom is 0.106 e. The van der Waals surface area contributed by atoms with Gasteiger partial charge in [-0.1, -0.05) is 0 Å². The Morgan fingerprint density at radius 2 is 0.917 bits per heavy atom. The summed E-state index contributed by atoms with van der Waals surface area (Å²) in [5, 5.41) is 0. The SMILES string of the molecule is C=O.CC(C)N(C(C)C)C(C)C. The van der Waals surface area contributed by atoms with Crippen molar-refractivity contribution in [2.75, 3.05) is 0 Å². The van der Waals surface area contributed by atoms with Gasteiger partial charge in [0.15, 0.2) is 0 Å². The zero-order chi connectivity index (χ0) is 10.3. The van der Waals surface area contributed by atoms with E-state index in [-0.39, 0.29) is 0 Å². The van der Waals surface area contributed by atoms with Crippen molar-refractivity contribution in [3.8, 4) is 0 Å². The van der Waals surface area contributed by atoms with Crippen molar-refractivity contribution in [2.45, 2.75) is 59.7 Å². The normalized spacial score (nSPS) is 10.8. The van der Waals surface area contributed by atoms with Crippen LogP contribution >= 0.6 is 0 Å². The summed E-state index contributed by atoms with van der Waals surface area (Å²) in [7, 11) is 0. The molecule has 0 heterocycles. The van der Waals surface area contributed by atoms with Crippen molar-refractivity contribution < 1.29 is 4.79 Å². The van der Waals surface area contributed by atoms with Gasteiger partial charge in [-0.2, -0.15) is 0 Å². The predicted molar refractivity (Wildman–Crippen MR) is 54.4 cm³/mol. The minimum Gasteiger partial charge on any atom is -0.307 e. The Balaban J connectivity index is 0. The van der Waals surface area contributed by atoms with Crippen LogP contribution in [-0.2, 0) is 4.79 Å². The number of hydrogen-bond acceptors (Lipinski definition) is 2. The van der Waals surface area contributed by atoms with Crippen LogP contribution in [-0.4, -0.2) is 29.8 Å². The van der Waals surface area contributed by atoms with Gasteiger partial charge in [0.2, 0.25) is 0 Å². The minimum absolute atomic E-state index is 0.667. The topological polar surface area (TPSA) is 20.3 Å². The summed E-state index contributed by atoms with van der Waals surface area (Å²) in [4.78, 5) is 10.5. The maximum atomic E-state index is 8.00. The fourth-order valence-corrected chi connectivity index (χ4v) is 1.79. The molecule has 0 saturated heterocycles. The van der Waals surface area contributed by atoms with Gasteiger partial charge in [-0.3, -0.25) is 4.90 Å². The smallest absolute Gasteiger partial charge is 0.106 e. The van der Waals surface area contributed by atoms with E-state index in [0.29, 0.717) is 18.1 Å². The molecule has 0 bridgehead atoms. The third-order valence-electron chi connectivity index (χ3n) is 1.79. The first-order valence-electron chi connectivity index (χ1n) is 4.53. The van der Waals surface area contributed by atoms with Crippen molar-refractivity contribution in [3.05, 3.63) is 0 Å². The maximum absolute atomic E-state index is 8.00. The van der Waals surface area contributed by atoms with Gasteiger partial charge in [-0.25, -0.2) is 0 Å². The molecule has 2 heteroatoms. The van der Waals surface area contributed by atoms with Gasteiger partial charge in [0.25, 0.3) is 0 Å². The fraction of sp³-hybridized carbons (Fsp3) is 0.900. The van der Waals surface area contributed by atoms with E-state index in [1.165, 1.54) is 0 Å². The monoisotopic (exact) mass is 173 g/mol. The van der Waals surface area contributed by atoms with Crippen LogP contribution in [0.1, 0.15) is 41.5 Å². The minimum atomic E-state index is 0.667. The number of nitrogens with zero attached hydrogens (tertiary/aromatic N) is 1. The van der Waals surface area contributed by atoms with Crippen LogP contribution in [0.25, 0.3) is 0 Å². The van der Waals surface area contributed by atoms with E-state index < -0.39 is 0 Å². The molecule has 0 radical (unpaired) electrons. The molecule has 0 unspecified atom stereocenters. The van der Waals surface area contributed by atoms with Gasteiger partial charge in [-0.05, 0) is 41.5 Å². The van der Waals surface area contributed by atoms with E-state index >= 15 is 0 Å². The molecule has 0 spiro atoms. The summed E-state index contributed by atoms with van der Waals surface area (Å²) in [6.07, 6.45) is 0. The van der Waals surface area contributed by atoms with E-state index in [9.17, 15) is 0 Å². The first kappa shape index (κ1) is 14.2. The Kier molecular flexibility index (Phi) is 8.61. The number of carbonyl (C=O) groups is 1. The Hall–Kier alpha value is -0.370. The third kappa shape index (κ3) is 5.30. The van der Waals surface area contributed by atoms with Gasteiger partial charge in [0.1, 0.15) is 6.79 Å². The first-order valence-corrected chi connectivity index (χ1v) is 4.53. The van der Waals surface area contributed by atoms with Crippen LogP contribution in [0.5, 0.6) is 0 Å². The fourth-order valence-electron chi connectivity index (χ4n) is 1.79. The molecule has 74 valence electrons. The highest BCUT2D eigenvalue weighted by molar-refractivity contribution is 5.10. The Morgan fingerprint density at radius 1 is 0.750 bits per heavy atom. The summed E-state index contributed by atoms with van der Waals surface area (Å²) in [5.41, 5.74) is 0. The molecule has 0 aliphatic carbocycles. The summed E-state index contributed by atoms with van der Waals surface area (Å²) >= 11 is 0. The molecule has 0 N–H and O–H groups in total. The summed E-state index contributed by atoms with van der Waals surface area (Å²) in [6, 6.07) is 2.00. The van der Waals surface area contributed by atoms with Crippen LogP contribution in [0, 0.1) is 0 Å². The molecule has 2 nitrogen and oxygen atoms in total. The molecule has 0 fully saturated rings. The lowest BCUT2D eigenvalue weighted by Gasteiger charge is -2.34. The molecule has 0 aromatic carbocycles. The zero-order valence-electron chi connectivity index (χ0n) is 9.29. The van der Waals surface area contributed by atoms with Gasteiger partial charge in [-0.15, -0.1) is 0 Å². The molecular formula is C10H23NO. The largest absolute Gasteiger partial charge is 0.307 e. The molecule has 0 saturated carbocycles. The van der Waals surface area contributed by atoms with Gasteiger partial charge in [0, 0.05) is 18.1 Å². The molecule has 0 aliphatic rings. The van der Waals surface area contributed by atoms with Crippen molar-refractivity contribution in [2.24, 2.45) is 0 Å². The third-order valence-corrected chi connectivity index (χ3v) is 1.79. The highest BCUT2D eigenvalue weighted by Crippen LogP contribution is 2.08. The molecule has 0 aromatic heterocycles. The van der Waals surface area contributed by atoms with Gasteiger partial charge in [0.05, 0.1) is 0 Å². The molecule has 0 amide bonds. The molecule has 0 atom stereocenters. The van der Waals surface area contributed by atoms with Gasteiger partial charge < -0.3 is 4.79 Å². The quantitative estimate of drug-likeness (QED) is 0.653. The van der Waals surface area contributed by atoms with Crippen LogP contribution in [0.3, 0.4) is 0 Å². The lowest BCUT2D eigenvalue weighted by Crippen LogP contribution is -2.42. The average Bonchev–Trinajstić information content (AvgIpc) is 1.88. The van der Waals surface area contributed by atoms with E-state index in [0.717, 1.165) is 0 Å². The lowest BCUT2D eigenvalue weighted by molar-refractivity contribution is -0.0979. The number of rotatable bonds is 3. The number of hydrogen-bond donors (Lipinski definition) is 0. The van der Waals surface area contributed by atoms with E-state index in [1.54, 1.807) is 0 Å². The highest BCUT2D eigenvalue weighted by Gasteiger charge is 2.15. The molecule has 0 rings (SSSR count). The summed E-state index contributed by atoms with van der Waals surface area (Å²) in [5.74, 6) is 0. The van der Waals surface area contributed by atoms with Crippen molar-refractivity contribution >= 4 is 6.79 Å². The van der Waals surface area contributed by atoms with Crippen LogP contribution in [0.4, 0.5) is 0 Å².